The van der Waals surface area contributed by atoms with Crippen molar-refractivity contribution in [3.8, 4) is 0 Å². The summed E-state index contributed by atoms with van der Waals surface area (Å²) in [6, 6.07) is 12.4. The van der Waals surface area contributed by atoms with E-state index >= 15 is 0 Å². The summed E-state index contributed by atoms with van der Waals surface area (Å²) in [6.45, 7) is 5.69. The lowest BCUT2D eigenvalue weighted by Crippen LogP contribution is -2.48. The average Bonchev–Trinajstić information content (AvgIpc) is 2.95. The van der Waals surface area contributed by atoms with Crippen LogP contribution in [0.2, 0.25) is 0 Å². The van der Waals surface area contributed by atoms with Crippen molar-refractivity contribution in [2.75, 3.05) is 44.2 Å². The number of hydrogen-bond acceptors (Lipinski definition) is 4. The Morgan fingerprint density at radius 3 is 2.46 bits per heavy atom. The van der Waals surface area contributed by atoms with E-state index in [1.807, 2.05) is 12.1 Å². The Bertz CT molecular complexity index is 665. The minimum absolute atomic E-state index is 0.00526. The number of amides is 1. The van der Waals surface area contributed by atoms with Crippen LogP contribution in [0.15, 0.2) is 44.7 Å². The minimum atomic E-state index is -0.00526. The SMILES string of the molecule is O=C(NCCN1CCN(c2ccccc2)CC1)c1cc(Br)c(Br)s1. The lowest BCUT2D eigenvalue weighted by atomic mass is 10.2. The average molecular weight is 473 g/mol. The molecular weight excluding hydrogens is 454 g/mol. The van der Waals surface area contributed by atoms with E-state index in [4.69, 9.17) is 0 Å². The first kappa shape index (κ1) is 17.9. The second-order valence-electron chi connectivity index (χ2n) is 5.65. The maximum atomic E-state index is 12.1. The number of thiophene rings is 1. The summed E-state index contributed by atoms with van der Waals surface area (Å²) in [5, 5.41) is 3.00. The van der Waals surface area contributed by atoms with E-state index in [2.05, 4.69) is 71.2 Å². The van der Waals surface area contributed by atoms with E-state index in [-0.39, 0.29) is 5.91 Å². The summed E-state index contributed by atoms with van der Waals surface area (Å²) >= 11 is 8.27. The second kappa shape index (κ2) is 8.47. The molecule has 0 spiro atoms. The molecule has 0 saturated carbocycles. The molecule has 128 valence electrons. The smallest absolute Gasteiger partial charge is 0.261 e. The van der Waals surface area contributed by atoms with Gasteiger partial charge in [-0.05, 0) is 50.1 Å². The molecule has 1 amide bonds. The van der Waals surface area contributed by atoms with Gasteiger partial charge in [0.1, 0.15) is 0 Å². The zero-order valence-corrected chi connectivity index (χ0v) is 17.2. The van der Waals surface area contributed by atoms with Crippen molar-refractivity contribution in [2.45, 2.75) is 0 Å². The molecule has 1 fully saturated rings. The van der Waals surface area contributed by atoms with E-state index in [9.17, 15) is 4.79 Å². The first-order valence-electron chi connectivity index (χ1n) is 7.89. The molecule has 1 aromatic carbocycles. The van der Waals surface area contributed by atoms with Gasteiger partial charge in [0.15, 0.2) is 0 Å². The molecule has 4 nitrogen and oxygen atoms in total. The molecule has 0 bridgehead atoms. The third-order valence-corrected chi connectivity index (χ3v) is 7.33. The lowest BCUT2D eigenvalue weighted by Gasteiger charge is -2.36. The van der Waals surface area contributed by atoms with Crippen molar-refractivity contribution in [1.29, 1.82) is 0 Å². The van der Waals surface area contributed by atoms with Gasteiger partial charge in [-0.3, -0.25) is 9.69 Å². The summed E-state index contributed by atoms with van der Waals surface area (Å²) < 4.78 is 1.87. The quantitative estimate of drug-likeness (QED) is 0.718. The van der Waals surface area contributed by atoms with Gasteiger partial charge in [-0.25, -0.2) is 0 Å². The van der Waals surface area contributed by atoms with E-state index in [1.54, 1.807) is 0 Å². The van der Waals surface area contributed by atoms with Crippen LogP contribution in [0.3, 0.4) is 0 Å². The van der Waals surface area contributed by atoms with Gasteiger partial charge in [0, 0.05) is 49.4 Å². The molecule has 0 unspecified atom stereocenters. The number of carbonyl (C=O) groups excluding carboxylic acids is 1. The fraction of sp³-hybridized carbons (Fsp3) is 0.353. The van der Waals surface area contributed by atoms with Gasteiger partial charge in [-0.1, -0.05) is 18.2 Å². The van der Waals surface area contributed by atoms with Crippen LogP contribution in [-0.4, -0.2) is 50.1 Å². The molecule has 1 saturated heterocycles. The van der Waals surface area contributed by atoms with Gasteiger partial charge in [-0.2, -0.15) is 0 Å². The maximum Gasteiger partial charge on any atom is 0.261 e. The molecule has 2 aromatic rings. The third-order valence-electron chi connectivity index (χ3n) is 4.08. The molecular formula is C17H19Br2N3OS. The fourth-order valence-electron chi connectivity index (χ4n) is 2.74. The summed E-state index contributed by atoms with van der Waals surface area (Å²) in [4.78, 5) is 17.7. The Labute approximate surface area is 163 Å². The van der Waals surface area contributed by atoms with Gasteiger partial charge in [-0.15, -0.1) is 11.3 Å². The van der Waals surface area contributed by atoms with Crippen LogP contribution >= 0.6 is 43.2 Å². The van der Waals surface area contributed by atoms with Crippen molar-refractivity contribution >= 4 is 54.8 Å². The number of hydrogen-bond donors (Lipinski definition) is 1. The van der Waals surface area contributed by atoms with Crippen LogP contribution < -0.4 is 10.2 Å². The van der Waals surface area contributed by atoms with E-state index in [1.165, 1.54) is 17.0 Å². The molecule has 2 heterocycles. The Morgan fingerprint density at radius 2 is 1.83 bits per heavy atom. The molecule has 1 aliphatic rings. The van der Waals surface area contributed by atoms with Crippen molar-refractivity contribution in [2.24, 2.45) is 0 Å². The first-order valence-corrected chi connectivity index (χ1v) is 10.3. The van der Waals surface area contributed by atoms with Crippen molar-refractivity contribution in [3.63, 3.8) is 0 Å². The van der Waals surface area contributed by atoms with Crippen LogP contribution in [0, 0.1) is 0 Å². The first-order chi connectivity index (χ1) is 11.6. The Balaban J connectivity index is 1.40. The highest BCUT2D eigenvalue weighted by molar-refractivity contribution is 9.13. The summed E-state index contributed by atoms with van der Waals surface area (Å²) in [5.41, 5.74) is 1.29. The number of rotatable bonds is 5. The van der Waals surface area contributed by atoms with Gasteiger partial charge in [0.25, 0.3) is 5.91 Å². The van der Waals surface area contributed by atoms with Gasteiger partial charge >= 0.3 is 0 Å². The number of halogens is 2. The van der Waals surface area contributed by atoms with Crippen LogP contribution in [-0.2, 0) is 0 Å². The van der Waals surface area contributed by atoms with Crippen molar-refractivity contribution < 1.29 is 4.79 Å². The number of anilines is 1. The van der Waals surface area contributed by atoms with Crippen LogP contribution in [0.4, 0.5) is 5.69 Å². The minimum Gasteiger partial charge on any atom is -0.369 e. The molecule has 3 rings (SSSR count). The summed E-state index contributed by atoms with van der Waals surface area (Å²) in [6.07, 6.45) is 0. The lowest BCUT2D eigenvalue weighted by molar-refractivity contribution is 0.0952. The molecule has 1 aliphatic heterocycles. The van der Waals surface area contributed by atoms with E-state index < -0.39 is 0 Å². The highest BCUT2D eigenvalue weighted by Gasteiger charge is 2.17. The number of para-hydroxylation sites is 1. The second-order valence-corrected chi connectivity index (χ2v) is 8.88. The third kappa shape index (κ3) is 4.59. The van der Waals surface area contributed by atoms with Crippen LogP contribution in [0.1, 0.15) is 9.67 Å². The normalized spacial score (nSPS) is 15.5. The molecule has 1 aromatic heterocycles. The Hall–Kier alpha value is -0.890. The van der Waals surface area contributed by atoms with Crippen LogP contribution in [0.5, 0.6) is 0 Å². The Kier molecular flexibility index (Phi) is 6.32. The van der Waals surface area contributed by atoms with Crippen molar-refractivity contribution in [1.82, 2.24) is 10.2 Å². The molecule has 7 heteroatoms. The zero-order valence-electron chi connectivity index (χ0n) is 13.2. The van der Waals surface area contributed by atoms with Gasteiger partial charge in [0.05, 0.1) is 8.66 Å². The molecule has 0 radical (unpaired) electrons. The predicted octanol–water partition coefficient (Wildman–Crippen LogP) is 3.83. The molecule has 0 aliphatic carbocycles. The molecule has 24 heavy (non-hydrogen) atoms. The topological polar surface area (TPSA) is 35.6 Å². The number of benzene rings is 1. The Morgan fingerprint density at radius 1 is 1.12 bits per heavy atom. The zero-order chi connectivity index (χ0) is 16.9. The predicted molar refractivity (Wildman–Crippen MR) is 107 cm³/mol. The highest BCUT2D eigenvalue weighted by Crippen LogP contribution is 2.32. The standard InChI is InChI=1S/C17H19Br2N3OS/c18-14-12-15(24-16(14)19)17(23)20-6-7-21-8-10-22(11-9-21)13-4-2-1-3-5-13/h1-5,12H,6-11H2,(H,20,23). The molecule has 0 atom stereocenters. The maximum absolute atomic E-state index is 12.1. The van der Waals surface area contributed by atoms with Gasteiger partial charge in [0.2, 0.25) is 0 Å². The molecule has 1 N–H and O–H groups in total. The number of nitrogens with one attached hydrogen (secondary N) is 1. The monoisotopic (exact) mass is 471 g/mol. The van der Waals surface area contributed by atoms with Gasteiger partial charge < -0.3 is 10.2 Å². The van der Waals surface area contributed by atoms with Crippen LogP contribution in [0.25, 0.3) is 0 Å². The fourth-order valence-corrected chi connectivity index (χ4v) is 4.69. The summed E-state index contributed by atoms with van der Waals surface area (Å²) in [7, 11) is 0. The number of nitrogens with zero attached hydrogens (tertiary/aromatic N) is 2. The number of piperazine rings is 1. The van der Waals surface area contributed by atoms with E-state index in [0.717, 1.165) is 45.9 Å². The summed E-state index contributed by atoms with van der Waals surface area (Å²) in [5.74, 6) is -0.00526. The van der Waals surface area contributed by atoms with Crippen molar-refractivity contribution in [3.05, 3.63) is 49.5 Å². The highest BCUT2D eigenvalue weighted by atomic mass is 79.9. The largest absolute Gasteiger partial charge is 0.369 e. The number of carbonyl (C=O) groups is 1. The van der Waals surface area contributed by atoms with E-state index in [0.29, 0.717) is 6.54 Å².